The Hall–Kier alpha value is -2.57. The Morgan fingerprint density at radius 2 is 1.95 bits per heavy atom. The number of nitrogens with one attached hydrogen (secondary N) is 1. The molecule has 0 spiro atoms. The number of rotatable bonds is 4. The molecule has 0 aliphatic rings. The fourth-order valence-electron chi connectivity index (χ4n) is 2.01. The number of halogens is 1. The average Bonchev–Trinajstić information content (AvgIpc) is 2.53. The third kappa shape index (κ3) is 4.21. The number of benzene rings is 2. The van der Waals surface area contributed by atoms with Crippen molar-refractivity contribution in [3.63, 3.8) is 0 Å². The summed E-state index contributed by atoms with van der Waals surface area (Å²) in [5, 5.41) is 12.6. The van der Waals surface area contributed by atoms with E-state index < -0.39 is 5.91 Å². The summed E-state index contributed by atoms with van der Waals surface area (Å²) < 4.78 is 0. The van der Waals surface area contributed by atoms with Gasteiger partial charge in [0.2, 0.25) is 0 Å². The highest BCUT2D eigenvalue weighted by molar-refractivity contribution is 6.30. The molecule has 0 radical (unpaired) electrons. The molecule has 1 atom stereocenters. The number of amides is 1. The van der Waals surface area contributed by atoms with Crippen molar-refractivity contribution in [3.05, 3.63) is 76.3 Å². The SMILES string of the molecule is C[C@@H](NC(=O)/C(C#N)=C/c1cccc(Cl)c1)c1ccccc1. The quantitative estimate of drug-likeness (QED) is 0.682. The van der Waals surface area contributed by atoms with Gasteiger partial charge in [0.1, 0.15) is 11.6 Å². The lowest BCUT2D eigenvalue weighted by Gasteiger charge is -2.13. The van der Waals surface area contributed by atoms with Crippen LogP contribution in [0.25, 0.3) is 6.08 Å². The fourth-order valence-corrected chi connectivity index (χ4v) is 2.21. The molecule has 110 valence electrons. The molecule has 1 amide bonds. The molecular weight excluding hydrogens is 296 g/mol. The molecule has 2 rings (SSSR count). The van der Waals surface area contributed by atoms with Gasteiger partial charge in [-0.05, 0) is 36.3 Å². The summed E-state index contributed by atoms with van der Waals surface area (Å²) in [6.07, 6.45) is 1.53. The van der Waals surface area contributed by atoms with Crippen molar-refractivity contribution >= 4 is 23.6 Å². The third-order valence-corrected chi connectivity index (χ3v) is 3.41. The van der Waals surface area contributed by atoms with Crippen molar-refractivity contribution in [2.45, 2.75) is 13.0 Å². The second-order valence-electron chi connectivity index (χ2n) is 4.83. The lowest BCUT2D eigenvalue weighted by atomic mass is 10.1. The number of hydrogen-bond acceptors (Lipinski definition) is 2. The Labute approximate surface area is 134 Å². The predicted molar refractivity (Wildman–Crippen MR) is 88.0 cm³/mol. The topological polar surface area (TPSA) is 52.9 Å². The van der Waals surface area contributed by atoms with Crippen molar-refractivity contribution in [3.8, 4) is 6.07 Å². The van der Waals surface area contributed by atoms with Gasteiger partial charge in [0.25, 0.3) is 5.91 Å². The van der Waals surface area contributed by atoms with E-state index in [-0.39, 0.29) is 11.6 Å². The molecule has 0 fully saturated rings. The summed E-state index contributed by atoms with van der Waals surface area (Å²) in [6.45, 7) is 1.88. The maximum absolute atomic E-state index is 12.2. The van der Waals surface area contributed by atoms with Crippen LogP contribution in [0.2, 0.25) is 5.02 Å². The predicted octanol–water partition coefficient (Wildman–Crippen LogP) is 4.12. The van der Waals surface area contributed by atoms with Crippen LogP contribution in [0.4, 0.5) is 0 Å². The van der Waals surface area contributed by atoms with Crippen LogP contribution in [0, 0.1) is 11.3 Å². The Bertz CT molecular complexity index is 732. The van der Waals surface area contributed by atoms with Gasteiger partial charge in [0.05, 0.1) is 6.04 Å². The van der Waals surface area contributed by atoms with Crippen molar-refractivity contribution in [2.24, 2.45) is 0 Å². The normalized spacial score (nSPS) is 12.3. The molecule has 4 heteroatoms. The van der Waals surface area contributed by atoms with Crippen molar-refractivity contribution < 1.29 is 4.79 Å². The van der Waals surface area contributed by atoms with Gasteiger partial charge in [-0.25, -0.2) is 0 Å². The second kappa shape index (κ2) is 7.44. The van der Waals surface area contributed by atoms with E-state index in [1.54, 1.807) is 24.3 Å². The first-order valence-electron chi connectivity index (χ1n) is 6.83. The molecule has 0 saturated carbocycles. The zero-order valence-corrected chi connectivity index (χ0v) is 12.8. The summed E-state index contributed by atoms with van der Waals surface area (Å²) in [4.78, 5) is 12.2. The van der Waals surface area contributed by atoms with Gasteiger partial charge in [-0.2, -0.15) is 5.26 Å². The van der Waals surface area contributed by atoms with Crippen molar-refractivity contribution in [1.29, 1.82) is 5.26 Å². The molecule has 22 heavy (non-hydrogen) atoms. The van der Waals surface area contributed by atoms with E-state index >= 15 is 0 Å². The second-order valence-corrected chi connectivity index (χ2v) is 5.27. The van der Waals surface area contributed by atoms with E-state index in [4.69, 9.17) is 11.6 Å². The number of nitriles is 1. The summed E-state index contributed by atoms with van der Waals surface area (Å²) >= 11 is 5.90. The maximum Gasteiger partial charge on any atom is 0.262 e. The van der Waals surface area contributed by atoms with E-state index in [2.05, 4.69) is 5.32 Å². The number of hydrogen-bond donors (Lipinski definition) is 1. The minimum atomic E-state index is -0.404. The van der Waals surface area contributed by atoms with Crippen molar-refractivity contribution in [1.82, 2.24) is 5.32 Å². The standard InChI is InChI=1S/C18H15ClN2O/c1-13(15-7-3-2-4-8-15)21-18(22)16(12-20)10-14-6-5-9-17(19)11-14/h2-11,13H,1H3,(H,21,22)/b16-10+/t13-/m1/s1. The monoisotopic (exact) mass is 310 g/mol. The number of nitrogens with zero attached hydrogens (tertiary/aromatic N) is 1. The smallest absolute Gasteiger partial charge is 0.262 e. The van der Waals surface area contributed by atoms with Crippen LogP contribution >= 0.6 is 11.6 Å². The van der Waals surface area contributed by atoms with Crippen LogP contribution in [0.3, 0.4) is 0 Å². The highest BCUT2D eigenvalue weighted by atomic mass is 35.5. The summed E-state index contributed by atoms with van der Waals surface area (Å²) in [7, 11) is 0. The van der Waals surface area contributed by atoms with Crippen LogP contribution < -0.4 is 5.32 Å². The largest absolute Gasteiger partial charge is 0.345 e. The first-order chi connectivity index (χ1) is 10.6. The Morgan fingerprint density at radius 3 is 2.59 bits per heavy atom. The molecule has 0 heterocycles. The molecular formula is C18H15ClN2O. The first kappa shape index (κ1) is 15.8. The van der Waals surface area contributed by atoms with Crippen LogP contribution in [0.15, 0.2) is 60.2 Å². The molecule has 0 saturated heterocycles. The molecule has 1 N–H and O–H groups in total. The molecule has 0 unspecified atom stereocenters. The molecule has 0 bridgehead atoms. The number of carbonyl (C=O) groups excluding carboxylic acids is 1. The van der Waals surface area contributed by atoms with Gasteiger partial charge >= 0.3 is 0 Å². The highest BCUT2D eigenvalue weighted by Gasteiger charge is 2.13. The van der Waals surface area contributed by atoms with Gasteiger partial charge < -0.3 is 5.32 Å². The van der Waals surface area contributed by atoms with E-state index in [1.807, 2.05) is 43.3 Å². The molecule has 0 aliphatic carbocycles. The first-order valence-corrected chi connectivity index (χ1v) is 7.21. The lowest BCUT2D eigenvalue weighted by Crippen LogP contribution is -2.27. The Morgan fingerprint density at radius 1 is 1.23 bits per heavy atom. The fraction of sp³-hybridized carbons (Fsp3) is 0.111. The maximum atomic E-state index is 12.2. The average molecular weight is 311 g/mol. The summed E-state index contributed by atoms with van der Waals surface area (Å²) in [5.41, 5.74) is 1.74. The highest BCUT2D eigenvalue weighted by Crippen LogP contribution is 2.15. The van der Waals surface area contributed by atoms with Gasteiger partial charge in [-0.3, -0.25) is 4.79 Å². The Balaban J connectivity index is 2.14. The van der Waals surface area contributed by atoms with Crippen LogP contribution in [0.1, 0.15) is 24.1 Å². The van der Waals surface area contributed by atoms with Gasteiger partial charge in [0, 0.05) is 5.02 Å². The molecule has 2 aromatic carbocycles. The summed E-state index contributed by atoms with van der Waals surface area (Å²) in [5.74, 6) is -0.404. The van der Waals surface area contributed by atoms with Gasteiger partial charge in [-0.15, -0.1) is 0 Å². The zero-order valence-electron chi connectivity index (χ0n) is 12.1. The van der Waals surface area contributed by atoms with Crippen molar-refractivity contribution in [2.75, 3.05) is 0 Å². The number of carbonyl (C=O) groups is 1. The minimum Gasteiger partial charge on any atom is -0.345 e. The minimum absolute atomic E-state index is 0.0463. The molecule has 0 aromatic heterocycles. The molecule has 2 aromatic rings. The van der Waals surface area contributed by atoms with E-state index in [0.717, 1.165) is 5.56 Å². The van der Waals surface area contributed by atoms with E-state index in [9.17, 15) is 10.1 Å². The van der Waals surface area contributed by atoms with Crippen LogP contribution in [-0.4, -0.2) is 5.91 Å². The van der Waals surface area contributed by atoms with Crippen LogP contribution in [-0.2, 0) is 4.79 Å². The van der Waals surface area contributed by atoms with Crippen LogP contribution in [0.5, 0.6) is 0 Å². The van der Waals surface area contributed by atoms with Gasteiger partial charge in [0.15, 0.2) is 0 Å². The van der Waals surface area contributed by atoms with E-state index in [1.165, 1.54) is 6.08 Å². The Kier molecular flexibility index (Phi) is 5.35. The molecule has 0 aliphatic heterocycles. The third-order valence-electron chi connectivity index (χ3n) is 3.17. The van der Waals surface area contributed by atoms with Gasteiger partial charge in [-0.1, -0.05) is 54.1 Å². The van der Waals surface area contributed by atoms with E-state index in [0.29, 0.717) is 10.6 Å². The summed E-state index contributed by atoms with van der Waals surface area (Å²) in [6, 6.07) is 18.3. The lowest BCUT2D eigenvalue weighted by molar-refractivity contribution is -0.117. The zero-order chi connectivity index (χ0) is 15.9. The molecule has 3 nitrogen and oxygen atoms in total.